The average molecular weight is 565 g/mol. The van der Waals surface area contributed by atoms with E-state index in [9.17, 15) is 0 Å². The highest BCUT2D eigenvalue weighted by atomic mass is 32.1. The van der Waals surface area contributed by atoms with Crippen molar-refractivity contribution in [2.45, 2.75) is 0 Å². The fourth-order valence-electron chi connectivity index (χ4n) is 7.26. The quantitative estimate of drug-likeness (QED) is 0.216. The second kappa shape index (κ2) is 8.57. The van der Waals surface area contributed by atoms with Crippen molar-refractivity contribution < 1.29 is 0 Å². The van der Waals surface area contributed by atoms with Gasteiger partial charge in [-0.15, -0.1) is 11.3 Å². The van der Waals surface area contributed by atoms with Gasteiger partial charge in [0, 0.05) is 58.3 Å². The summed E-state index contributed by atoms with van der Waals surface area (Å²) in [6.07, 6.45) is 0. The maximum Gasteiger partial charge on any atom is 0.0559 e. The molecule has 0 bridgehead atoms. The molecule has 3 aromatic heterocycles. The van der Waals surface area contributed by atoms with Crippen molar-refractivity contribution in [2.24, 2.45) is 0 Å². The Bertz CT molecular complexity index is 2710. The smallest absolute Gasteiger partial charge is 0.0559 e. The topological polar surface area (TPSA) is 20.7 Å². The molecule has 10 aromatic rings. The minimum Gasteiger partial charge on any atom is -0.354 e. The molecule has 0 saturated heterocycles. The number of aromatic nitrogens is 2. The third kappa shape index (κ3) is 3.12. The van der Waals surface area contributed by atoms with Gasteiger partial charge in [-0.3, -0.25) is 0 Å². The van der Waals surface area contributed by atoms with Crippen LogP contribution < -0.4 is 0 Å². The highest BCUT2D eigenvalue weighted by Crippen LogP contribution is 2.49. The van der Waals surface area contributed by atoms with Crippen LogP contribution in [0.4, 0.5) is 0 Å². The van der Waals surface area contributed by atoms with Crippen molar-refractivity contribution in [1.29, 1.82) is 0 Å². The number of nitrogens with one attached hydrogen (secondary N) is 1. The third-order valence-electron chi connectivity index (χ3n) is 9.12. The van der Waals surface area contributed by atoms with Crippen LogP contribution in [0.5, 0.6) is 0 Å². The van der Waals surface area contributed by atoms with Crippen molar-refractivity contribution in [1.82, 2.24) is 9.55 Å². The molecule has 0 aliphatic rings. The summed E-state index contributed by atoms with van der Waals surface area (Å²) in [5.41, 5.74) is 8.53. The second-order valence-electron chi connectivity index (χ2n) is 11.4. The molecular formula is C40H24N2S. The van der Waals surface area contributed by atoms with Crippen molar-refractivity contribution in [2.75, 3.05) is 0 Å². The molecule has 43 heavy (non-hydrogen) atoms. The molecule has 0 saturated carbocycles. The van der Waals surface area contributed by atoms with E-state index in [0.717, 1.165) is 0 Å². The summed E-state index contributed by atoms with van der Waals surface area (Å²) in [5, 5.41) is 10.5. The van der Waals surface area contributed by atoms with Crippen LogP contribution in [0, 0.1) is 0 Å². The van der Waals surface area contributed by atoms with E-state index < -0.39 is 0 Å². The number of rotatable bonds is 2. The first-order valence-corrected chi connectivity index (χ1v) is 15.5. The van der Waals surface area contributed by atoms with Crippen LogP contribution in [0.2, 0.25) is 0 Å². The first kappa shape index (κ1) is 23.2. The Balaban J connectivity index is 1.34. The third-order valence-corrected chi connectivity index (χ3v) is 10.4. The molecule has 10 rings (SSSR count). The van der Waals surface area contributed by atoms with Crippen LogP contribution >= 0.6 is 11.3 Å². The summed E-state index contributed by atoms with van der Waals surface area (Å²) in [5.74, 6) is 0. The number of thiophene rings is 1. The van der Waals surface area contributed by atoms with Crippen molar-refractivity contribution in [3.63, 3.8) is 0 Å². The fourth-order valence-corrected chi connectivity index (χ4v) is 8.70. The van der Waals surface area contributed by atoms with E-state index in [-0.39, 0.29) is 0 Å². The SMILES string of the molecule is c1ccc(-c2ccc(-n3c4ccccc4c4c5sc6c(c7ccccc7c7[nH]c8ccccc8c76)c5ccc43)cc2)cc1. The van der Waals surface area contributed by atoms with E-state index in [1.807, 2.05) is 11.3 Å². The highest BCUT2D eigenvalue weighted by molar-refractivity contribution is 7.28. The van der Waals surface area contributed by atoms with Gasteiger partial charge in [-0.25, -0.2) is 0 Å². The Kier molecular flexibility index (Phi) is 4.63. The minimum absolute atomic E-state index is 1.18. The van der Waals surface area contributed by atoms with E-state index in [4.69, 9.17) is 0 Å². The molecule has 0 spiro atoms. The van der Waals surface area contributed by atoms with Crippen molar-refractivity contribution >= 4 is 85.9 Å². The maximum absolute atomic E-state index is 3.77. The zero-order chi connectivity index (χ0) is 28.1. The second-order valence-corrected chi connectivity index (χ2v) is 12.4. The summed E-state index contributed by atoms with van der Waals surface area (Å²) >= 11 is 1.94. The Morgan fingerprint density at radius 2 is 1.09 bits per heavy atom. The Labute approximate surface area is 251 Å². The molecule has 7 aromatic carbocycles. The molecule has 3 heterocycles. The Morgan fingerprint density at radius 3 is 1.93 bits per heavy atom. The summed E-state index contributed by atoms with van der Waals surface area (Å²) in [4.78, 5) is 3.77. The molecule has 0 fully saturated rings. The minimum atomic E-state index is 1.18. The van der Waals surface area contributed by atoms with Gasteiger partial charge in [-0.1, -0.05) is 109 Å². The first-order chi connectivity index (χ1) is 21.3. The predicted molar refractivity (Wildman–Crippen MR) is 186 cm³/mol. The predicted octanol–water partition coefficient (Wildman–Crippen LogP) is 11.6. The highest BCUT2D eigenvalue weighted by Gasteiger charge is 2.21. The molecule has 0 amide bonds. The number of para-hydroxylation sites is 2. The van der Waals surface area contributed by atoms with E-state index in [2.05, 4.69) is 149 Å². The normalized spacial score (nSPS) is 12.2. The zero-order valence-corrected chi connectivity index (χ0v) is 24.0. The molecule has 0 radical (unpaired) electrons. The summed E-state index contributed by atoms with van der Waals surface area (Å²) < 4.78 is 5.15. The van der Waals surface area contributed by atoms with Gasteiger partial charge in [-0.05, 0) is 46.8 Å². The van der Waals surface area contributed by atoms with Gasteiger partial charge in [0.15, 0.2) is 0 Å². The number of benzene rings is 7. The van der Waals surface area contributed by atoms with Gasteiger partial charge in [0.25, 0.3) is 0 Å². The largest absolute Gasteiger partial charge is 0.354 e. The zero-order valence-electron chi connectivity index (χ0n) is 23.1. The lowest BCUT2D eigenvalue weighted by atomic mass is 9.99. The number of nitrogens with zero attached hydrogens (tertiary/aromatic N) is 1. The molecule has 200 valence electrons. The van der Waals surface area contributed by atoms with Gasteiger partial charge >= 0.3 is 0 Å². The van der Waals surface area contributed by atoms with Crippen LogP contribution in [0.25, 0.3) is 91.4 Å². The molecule has 2 nitrogen and oxygen atoms in total. The number of hydrogen-bond donors (Lipinski definition) is 1. The summed E-state index contributed by atoms with van der Waals surface area (Å²) in [7, 11) is 0. The van der Waals surface area contributed by atoms with Crippen LogP contribution in [0.15, 0.2) is 140 Å². The number of fused-ring (bicyclic) bond motifs is 14. The molecule has 3 heteroatoms. The summed E-state index contributed by atoms with van der Waals surface area (Å²) in [6, 6.07) is 50.7. The van der Waals surface area contributed by atoms with Gasteiger partial charge in [0.05, 0.1) is 16.6 Å². The average Bonchev–Trinajstić information content (AvgIpc) is 3.75. The number of hydrogen-bond acceptors (Lipinski definition) is 1. The molecule has 0 aliphatic heterocycles. The number of H-pyrrole nitrogens is 1. The van der Waals surface area contributed by atoms with Crippen LogP contribution in [-0.2, 0) is 0 Å². The lowest BCUT2D eigenvalue weighted by Gasteiger charge is -2.09. The maximum atomic E-state index is 3.77. The van der Waals surface area contributed by atoms with Crippen molar-refractivity contribution in [3.05, 3.63) is 140 Å². The lowest BCUT2D eigenvalue weighted by molar-refractivity contribution is 1.18. The lowest BCUT2D eigenvalue weighted by Crippen LogP contribution is -1.93. The van der Waals surface area contributed by atoms with E-state index in [1.165, 1.54) is 91.4 Å². The molecule has 0 atom stereocenters. The van der Waals surface area contributed by atoms with Gasteiger partial charge in [-0.2, -0.15) is 0 Å². The van der Waals surface area contributed by atoms with Crippen LogP contribution in [0.3, 0.4) is 0 Å². The van der Waals surface area contributed by atoms with E-state index in [1.54, 1.807) is 0 Å². The molecule has 0 unspecified atom stereocenters. The number of aromatic amines is 1. The Hall–Kier alpha value is -5.38. The van der Waals surface area contributed by atoms with Crippen LogP contribution in [-0.4, -0.2) is 9.55 Å². The first-order valence-electron chi connectivity index (χ1n) is 14.7. The molecule has 1 N–H and O–H groups in total. The summed E-state index contributed by atoms with van der Waals surface area (Å²) in [6.45, 7) is 0. The monoisotopic (exact) mass is 564 g/mol. The standard InChI is InChI=1S/C40H24N2S/c1-2-10-24(11-3-1)25-18-20-26(21-19-25)42-33-17-9-7-15-30(33)36-34(42)23-22-31-35-27-12-4-5-13-28(27)38-37(40(35)43-39(31)36)29-14-6-8-16-32(29)41-38/h1-23,41H. The van der Waals surface area contributed by atoms with E-state index in [0.29, 0.717) is 0 Å². The van der Waals surface area contributed by atoms with Gasteiger partial charge in [0.2, 0.25) is 0 Å². The molecule has 0 aliphatic carbocycles. The van der Waals surface area contributed by atoms with E-state index >= 15 is 0 Å². The van der Waals surface area contributed by atoms with Crippen molar-refractivity contribution in [3.8, 4) is 16.8 Å². The van der Waals surface area contributed by atoms with Gasteiger partial charge < -0.3 is 9.55 Å². The fraction of sp³-hybridized carbons (Fsp3) is 0. The Morgan fingerprint density at radius 1 is 0.419 bits per heavy atom. The van der Waals surface area contributed by atoms with Gasteiger partial charge in [0.1, 0.15) is 0 Å². The molecular weight excluding hydrogens is 541 g/mol. The van der Waals surface area contributed by atoms with Crippen LogP contribution in [0.1, 0.15) is 0 Å².